The molecule has 0 amide bonds. The Morgan fingerprint density at radius 2 is 1.30 bits per heavy atom. The van der Waals surface area contributed by atoms with Crippen LogP contribution >= 0.6 is 0 Å². The number of ether oxygens (including phenoxy) is 1. The average molecular weight is 849 g/mol. The molecule has 0 atom stereocenters. The van der Waals surface area contributed by atoms with Crippen LogP contribution in [0.1, 0.15) is 140 Å². The first kappa shape index (κ1) is 42.1. The van der Waals surface area contributed by atoms with Crippen LogP contribution in [0.25, 0.3) is 44.4 Å². The van der Waals surface area contributed by atoms with Gasteiger partial charge in [0.2, 0.25) is 0 Å². The summed E-state index contributed by atoms with van der Waals surface area (Å²) in [5.41, 5.74) is 13.9. The number of aromatic nitrogens is 4. The van der Waals surface area contributed by atoms with Crippen LogP contribution in [0.3, 0.4) is 0 Å². The summed E-state index contributed by atoms with van der Waals surface area (Å²) in [5.74, 6) is 3.29. The SMILES string of the molecule is Cc1nn(-c2[c-]c(Oc3[c-]c4c(cc3)c3ccccc3n4-c3cc(C(C)(C)C)ccn3)cc(C(C)(C)C)c2)c(C)c1-c1c(C(C)C)cc(C(C)C)cc1C(C)C.[Pd+2]. The second kappa shape index (κ2) is 15.7. The molecule has 0 fully saturated rings. The van der Waals surface area contributed by atoms with E-state index in [4.69, 9.17) is 14.8 Å². The Labute approximate surface area is 354 Å². The van der Waals surface area contributed by atoms with Gasteiger partial charge in [-0.15, -0.1) is 41.3 Å². The van der Waals surface area contributed by atoms with Crippen LogP contribution in [0.4, 0.5) is 0 Å². The third-order valence-electron chi connectivity index (χ3n) is 11.2. The molecule has 298 valence electrons. The number of pyridine rings is 1. The summed E-state index contributed by atoms with van der Waals surface area (Å²) in [4.78, 5) is 4.86. The van der Waals surface area contributed by atoms with Crippen molar-refractivity contribution in [2.24, 2.45) is 0 Å². The molecule has 7 rings (SSSR count). The second-order valence-corrected chi connectivity index (χ2v) is 18.6. The van der Waals surface area contributed by atoms with Crippen LogP contribution < -0.4 is 4.74 Å². The number of rotatable bonds is 8. The molecule has 0 radical (unpaired) electrons. The number of nitrogens with zero attached hydrogens (tertiary/aromatic N) is 4. The van der Waals surface area contributed by atoms with Crippen LogP contribution in [-0.2, 0) is 31.3 Å². The number of para-hydroxylation sites is 1. The van der Waals surface area contributed by atoms with Gasteiger partial charge in [-0.2, -0.15) is 11.2 Å². The molecule has 3 aromatic heterocycles. The quantitative estimate of drug-likeness (QED) is 0.113. The summed E-state index contributed by atoms with van der Waals surface area (Å²) >= 11 is 0. The molecule has 0 bridgehead atoms. The molecule has 0 spiro atoms. The van der Waals surface area contributed by atoms with Gasteiger partial charge in [0, 0.05) is 34.5 Å². The summed E-state index contributed by atoms with van der Waals surface area (Å²) in [6.45, 7) is 31.5. The molecule has 3 heterocycles. The third-order valence-corrected chi connectivity index (χ3v) is 11.2. The van der Waals surface area contributed by atoms with E-state index in [0.717, 1.165) is 50.3 Å². The van der Waals surface area contributed by atoms with E-state index in [0.29, 0.717) is 29.3 Å². The maximum absolute atomic E-state index is 6.76. The first-order valence-corrected chi connectivity index (χ1v) is 20.3. The largest absolute Gasteiger partial charge is 2.00 e. The fraction of sp³-hybridized carbons (Fsp3) is 0.373. The normalized spacial score (nSPS) is 12.4. The van der Waals surface area contributed by atoms with Crippen molar-refractivity contribution in [1.82, 2.24) is 19.3 Å². The summed E-state index contributed by atoms with van der Waals surface area (Å²) in [7, 11) is 0. The molecule has 7 aromatic rings. The average Bonchev–Trinajstić information content (AvgIpc) is 3.62. The molecule has 0 aliphatic rings. The topological polar surface area (TPSA) is 44.9 Å². The molecule has 0 aliphatic heterocycles. The summed E-state index contributed by atoms with van der Waals surface area (Å²) in [6, 6.07) is 33.4. The van der Waals surface area contributed by atoms with Gasteiger partial charge in [0.25, 0.3) is 0 Å². The molecular weight excluding hydrogens is 791 g/mol. The summed E-state index contributed by atoms with van der Waals surface area (Å²) < 4.78 is 11.0. The Hall–Kier alpha value is -4.50. The zero-order valence-corrected chi connectivity index (χ0v) is 37.8. The van der Waals surface area contributed by atoms with Gasteiger partial charge in [0.1, 0.15) is 5.82 Å². The Balaban J connectivity index is 0.00000549. The molecule has 57 heavy (non-hydrogen) atoms. The number of benzene rings is 4. The van der Waals surface area contributed by atoms with Gasteiger partial charge in [0.15, 0.2) is 0 Å². The predicted octanol–water partition coefficient (Wildman–Crippen LogP) is 14.0. The zero-order chi connectivity index (χ0) is 40.4. The Kier molecular flexibility index (Phi) is 11.6. The molecule has 0 N–H and O–H groups in total. The number of hydrogen-bond acceptors (Lipinski definition) is 3. The fourth-order valence-electron chi connectivity index (χ4n) is 7.91. The van der Waals surface area contributed by atoms with Gasteiger partial charge in [-0.05, 0) is 99.5 Å². The van der Waals surface area contributed by atoms with Crippen LogP contribution in [0.5, 0.6) is 11.5 Å². The van der Waals surface area contributed by atoms with Crippen LogP contribution in [0, 0.1) is 26.0 Å². The van der Waals surface area contributed by atoms with E-state index in [9.17, 15) is 0 Å². The van der Waals surface area contributed by atoms with Crippen LogP contribution in [0.15, 0.2) is 79.0 Å². The van der Waals surface area contributed by atoms with Crippen molar-refractivity contribution < 1.29 is 25.2 Å². The number of fused-ring (bicyclic) bond motifs is 3. The smallest absolute Gasteiger partial charge is 0.509 e. The van der Waals surface area contributed by atoms with Gasteiger partial charge in [0.05, 0.1) is 5.69 Å². The Morgan fingerprint density at radius 3 is 1.91 bits per heavy atom. The molecule has 6 heteroatoms. The van der Waals surface area contributed by atoms with Gasteiger partial charge in [-0.3, -0.25) is 4.68 Å². The number of aryl methyl sites for hydroxylation is 1. The minimum Gasteiger partial charge on any atom is -0.509 e. The fourth-order valence-corrected chi connectivity index (χ4v) is 7.91. The Morgan fingerprint density at radius 1 is 0.649 bits per heavy atom. The van der Waals surface area contributed by atoms with Gasteiger partial charge >= 0.3 is 20.4 Å². The minimum absolute atomic E-state index is 0. The van der Waals surface area contributed by atoms with Crippen molar-refractivity contribution in [3.8, 4) is 34.1 Å². The molecule has 0 unspecified atom stereocenters. The van der Waals surface area contributed by atoms with Crippen LogP contribution in [-0.4, -0.2) is 19.3 Å². The standard InChI is InChI=1S/C51H58N4O.Pd/c1-30(2)35-23-43(31(3)4)49(44(24-35)32(5)6)48-33(7)53-55(34(48)8)38-25-37(51(12,13)14)26-40(28-38)56-39-19-20-42-41-17-15-16-18-45(41)54(46(42)29-39)47-27-36(21-22-52-47)50(9,10)11;/h15-27,30-32H,1-14H3;/q-2;+2. The molecular formula is C51H58N4OPd. The molecule has 0 saturated heterocycles. The zero-order valence-electron chi connectivity index (χ0n) is 36.3. The van der Waals surface area contributed by atoms with E-state index in [-0.39, 0.29) is 31.3 Å². The van der Waals surface area contributed by atoms with Crippen LogP contribution in [0.2, 0.25) is 0 Å². The maximum Gasteiger partial charge on any atom is 2.00 e. The first-order valence-electron chi connectivity index (χ1n) is 20.3. The van der Waals surface area contributed by atoms with E-state index < -0.39 is 0 Å². The van der Waals surface area contributed by atoms with E-state index >= 15 is 0 Å². The molecule has 5 nitrogen and oxygen atoms in total. The Bertz CT molecular complexity index is 2560. The minimum atomic E-state index is -0.146. The van der Waals surface area contributed by atoms with Crippen molar-refractivity contribution in [2.45, 2.75) is 126 Å². The molecule has 4 aromatic carbocycles. The van der Waals surface area contributed by atoms with Crippen molar-refractivity contribution in [2.75, 3.05) is 0 Å². The van der Waals surface area contributed by atoms with Crippen molar-refractivity contribution >= 4 is 21.8 Å². The molecule has 0 saturated carbocycles. The van der Waals surface area contributed by atoms with Gasteiger partial charge in [-0.1, -0.05) is 119 Å². The monoisotopic (exact) mass is 848 g/mol. The van der Waals surface area contributed by atoms with E-state index in [1.165, 1.54) is 33.4 Å². The number of hydrogen-bond donors (Lipinski definition) is 0. The van der Waals surface area contributed by atoms with Crippen molar-refractivity contribution in [1.29, 1.82) is 0 Å². The van der Waals surface area contributed by atoms with Crippen molar-refractivity contribution in [3.05, 3.63) is 130 Å². The molecule has 0 aliphatic carbocycles. The van der Waals surface area contributed by atoms with Gasteiger partial charge < -0.3 is 9.30 Å². The first-order chi connectivity index (χ1) is 26.3. The van der Waals surface area contributed by atoms with Crippen molar-refractivity contribution in [3.63, 3.8) is 0 Å². The summed E-state index contributed by atoms with van der Waals surface area (Å²) in [5, 5.41) is 7.48. The maximum atomic E-state index is 6.76. The van der Waals surface area contributed by atoms with E-state index in [1.54, 1.807) is 0 Å². The van der Waals surface area contributed by atoms with E-state index in [1.807, 2.05) is 12.3 Å². The third kappa shape index (κ3) is 8.01. The van der Waals surface area contributed by atoms with Gasteiger partial charge in [-0.25, -0.2) is 4.98 Å². The second-order valence-electron chi connectivity index (χ2n) is 18.6. The summed E-state index contributed by atoms with van der Waals surface area (Å²) in [6.07, 6.45) is 1.91. The predicted molar refractivity (Wildman–Crippen MR) is 234 cm³/mol. The van der Waals surface area contributed by atoms with E-state index in [2.05, 4.69) is 185 Å².